The van der Waals surface area contributed by atoms with E-state index in [0.29, 0.717) is 0 Å². The normalized spacial score (nSPS) is 17.8. The van der Waals surface area contributed by atoms with Gasteiger partial charge in [-0.1, -0.05) is 24.3 Å². The summed E-state index contributed by atoms with van der Waals surface area (Å²) in [5.74, 6) is 0. The lowest BCUT2D eigenvalue weighted by Crippen LogP contribution is -2.32. The lowest BCUT2D eigenvalue weighted by atomic mass is 10.0. The molecule has 1 heterocycles. The molecular formula is C17H28N2O. The monoisotopic (exact) mass is 276 g/mol. The van der Waals surface area contributed by atoms with Crippen molar-refractivity contribution in [3.8, 4) is 0 Å². The van der Waals surface area contributed by atoms with Gasteiger partial charge in [-0.25, -0.2) is 0 Å². The van der Waals surface area contributed by atoms with Gasteiger partial charge in [0.1, 0.15) is 0 Å². The largest absolute Gasteiger partial charge is 0.388 e. The number of hydrogen-bond acceptors (Lipinski definition) is 3. The number of aryl methyl sites for hydroxylation is 1. The van der Waals surface area contributed by atoms with E-state index >= 15 is 0 Å². The van der Waals surface area contributed by atoms with Gasteiger partial charge in [0, 0.05) is 19.6 Å². The molecule has 0 saturated carbocycles. The molecule has 112 valence electrons. The predicted octanol–water partition coefficient (Wildman–Crippen LogP) is 2.45. The summed E-state index contributed by atoms with van der Waals surface area (Å²) in [5.41, 5.74) is 2.25. The summed E-state index contributed by atoms with van der Waals surface area (Å²) in [7, 11) is 2.15. The molecule has 0 bridgehead atoms. The van der Waals surface area contributed by atoms with Gasteiger partial charge >= 0.3 is 0 Å². The average molecular weight is 276 g/mol. The van der Waals surface area contributed by atoms with Crippen molar-refractivity contribution in [1.29, 1.82) is 0 Å². The fraction of sp³-hybridized carbons (Fsp3) is 0.647. The molecule has 0 amide bonds. The van der Waals surface area contributed by atoms with Gasteiger partial charge in [-0.05, 0) is 57.5 Å². The summed E-state index contributed by atoms with van der Waals surface area (Å²) < 4.78 is 0. The van der Waals surface area contributed by atoms with Gasteiger partial charge in [0.15, 0.2) is 0 Å². The summed E-state index contributed by atoms with van der Waals surface area (Å²) in [6.45, 7) is 7.80. The van der Waals surface area contributed by atoms with Crippen molar-refractivity contribution in [3.05, 3.63) is 35.4 Å². The van der Waals surface area contributed by atoms with Crippen LogP contribution < -0.4 is 0 Å². The Bertz CT molecular complexity index is 402. The summed E-state index contributed by atoms with van der Waals surface area (Å²) >= 11 is 0. The smallest absolute Gasteiger partial charge is 0.0804 e. The number of hydrogen-bond donors (Lipinski definition) is 1. The van der Waals surface area contributed by atoms with Crippen LogP contribution in [0.5, 0.6) is 0 Å². The molecule has 1 N–H and O–H groups in total. The topological polar surface area (TPSA) is 26.7 Å². The Morgan fingerprint density at radius 1 is 1.20 bits per heavy atom. The molecule has 1 unspecified atom stereocenters. The van der Waals surface area contributed by atoms with E-state index in [2.05, 4.69) is 29.8 Å². The first-order chi connectivity index (χ1) is 9.66. The summed E-state index contributed by atoms with van der Waals surface area (Å²) in [4.78, 5) is 4.87. The maximum absolute atomic E-state index is 10.3. The first kappa shape index (κ1) is 15.5. The third-order valence-corrected chi connectivity index (χ3v) is 4.33. The van der Waals surface area contributed by atoms with Gasteiger partial charge in [0.25, 0.3) is 0 Å². The van der Waals surface area contributed by atoms with Crippen molar-refractivity contribution in [3.63, 3.8) is 0 Å². The summed E-state index contributed by atoms with van der Waals surface area (Å²) in [6.07, 6.45) is 3.18. The number of likely N-dealkylation sites (N-methyl/N-ethyl adjacent to an activating group) is 1. The zero-order chi connectivity index (χ0) is 14.4. The van der Waals surface area contributed by atoms with Crippen LogP contribution >= 0.6 is 0 Å². The zero-order valence-corrected chi connectivity index (χ0v) is 12.9. The van der Waals surface area contributed by atoms with Crippen LogP contribution in [0.4, 0.5) is 0 Å². The van der Waals surface area contributed by atoms with Gasteiger partial charge in [-0.15, -0.1) is 0 Å². The van der Waals surface area contributed by atoms with Gasteiger partial charge in [-0.3, -0.25) is 0 Å². The van der Waals surface area contributed by atoms with Crippen LogP contribution in [0.3, 0.4) is 0 Å². The lowest BCUT2D eigenvalue weighted by Gasteiger charge is -2.22. The Hall–Kier alpha value is -0.900. The lowest BCUT2D eigenvalue weighted by molar-refractivity contribution is 0.145. The van der Waals surface area contributed by atoms with Crippen molar-refractivity contribution in [2.75, 3.05) is 39.8 Å². The van der Waals surface area contributed by atoms with Crippen molar-refractivity contribution in [1.82, 2.24) is 9.80 Å². The van der Waals surface area contributed by atoms with Gasteiger partial charge in [-0.2, -0.15) is 0 Å². The highest BCUT2D eigenvalue weighted by Crippen LogP contribution is 2.20. The molecule has 1 aliphatic heterocycles. The second kappa shape index (κ2) is 7.77. The van der Waals surface area contributed by atoms with E-state index in [1.54, 1.807) is 0 Å². The van der Waals surface area contributed by atoms with Crippen molar-refractivity contribution >= 4 is 0 Å². The molecule has 0 aromatic heterocycles. The second-order valence-corrected chi connectivity index (χ2v) is 6.01. The molecule has 3 heteroatoms. The molecule has 2 rings (SSSR count). The predicted molar refractivity (Wildman–Crippen MR) is 83.9 cm³/mol. The molecule has 1 fully saturated rings. The van der Waals surface area contributed by atoms with Crippen LogP contribution in [0.25, 0.3) is 0 Å². The fourth-order valence-corrected chi connectivity index (χ4v) is 2.89. The Kier molecular flexibility index (Phi) is 6.02. The van der Waals surface area contributed by atoms with Crippen LogP contribution in [0.1, 0.15) is 36.5 Å². The van der Waals surface area contributed by atoms with Gasteiger partial charge in [0.2, 0.25) is 0 Å². The highest BCUT2D eigenvalue weighted by molar-refractivity contribution is 5.27. The molecule has 1 aromatic carbocycles. The molecular weight excluding hydrogens is 248 g/mol. The number of aliphatic hydroxyl groups excluding tert-OH is 1. The Morgan fingerprint density at radius 2 is 1.90 bits per heavy atom. The molecule has 1 atom stereocenters. The van der Waals surface area contributed by atoms with Gasteiger partial charge in [0.05, 0.1) is 6.10 Å². The molecule has 1 saturated heterocycles. The van der Waals surface area contributed by atoms with Crippen LogP contribution in [-0.4, -0.2) is 54.7 Å². The van der Waals surface area contributed by atoms with Crippen molar-refractivity contribution in [2.45, 2.75) is 32.3 Å². The minimum Gasteiger partial charge on any atom is -0.388 e. The Balaban J connectivity index is 1.69. The minimum atomic E-state index is -0.342. The number of likely N-dealkylation sites (tertiary alicyclic amines) is 1. The number of rotatable bonds is 7. The molecule has 0 aliphatic carbocycles. The van der Waals surface area contributed by atoms with Crippen molar-refractivity contribution < 1.29 is 5.11 Å². The highest BCUT2D eigenvalue weighted by atomic mass is 16.3. The van der Waals surface area contributed by atoms with E-state index in [4.69, 9.17) is 0 Å². The van der Waals surface area contributed by atoms with E-state index in [-0.39, 0.29) is 6.10 Å². The maximum Gasteiger partial charge on any atom is 0.0804 e. The second-order valence-electron chi connectivity index (χ2n) is 6.01. The SMILES string of the molecule is Cc1ccccc1C(O)CCN(C)CCN1CCCC1. The highest BCUT2D eigenvalue weighted by Gasteiger charge is 2.13. The Morgan fingerprint density at radius 3 is 2.60 bits per heavy atom. The standard InChI is InChI=1S/C17H28N2O/c1-15-7-3-4-8-16(15)17(20)9-12-18(2)13-14-19-10-5-6-11-19/h3-4,7-8,17,20H,5-6,9-14H2,1-2H3. The van der Waals surface area contributed by atoms with E-state index in [0.717, 1.165) is 31.6 Å². The fourth-order valence-electron chi connectivity index (χ4n) is 2.89. The summed E-state index contributed by atoms with van der Waals surface area (Å²) in [6, 6.07) is 8.12. The quantitative estimate of drug-likeness (QED) is 0.828. The zero-order valence-electron chi connectivity index (χ0n) is 12.9. The minimum absolute atomic E-state index is 0.342. The molecule has 20 heavy (non-hydrogen) atoms. The van der Waals surface area contributed by atoms with Crippen LogP contribution in [0, 0.1) is 6.92 Å². The molecule has 1 aliphatic rings. The van der Waals surface area contributed by atoms with Crippen LogP contribution in [0.15, 0.2) is 24.3 Å². The number of nitrogens with zero attached hydrogens (tertiary/aromatic N) is 2. The number of benzene rings is 1. The first-order valence-corrected chi connectivity index (χ1v) is 7.81. The van der Waals surface area contributed by atoms with Crippen LogP contribution in [0.2, 0.25) is 0 Å². The van der Waals surface area contributed by atoms with Gasteiger partial charge < -0.3 is 14.9 Å². The maximum atomic E-state index is 10.3. The molecule has 1 aromatic rings. The van der Waals surface area contributed by atoms with E-state index in [9.17, 15) is 5.11 Å². The third-order valence-electron chi connectivity index (χ3n) is 4.33. The van der Waals surface area contributed by atoms with E-state index in [1.165, 1.54) is 31.5 Å². The van der Waals surface area contributed by atoms with E-state index in [1.807, 2.05) is 18.2 Å². The third kappa shape index (κ3) is 4.58. The van der Waals surface area contributed by atoms with E-state index < -0.39 is 0 Å². The molecule has 3 nitrogen and oxygen atoms in total. The van der Waals surface area contributed by atoms with Crippen molar-refractivity contribution in [2.24, 2.45) is 0 Å². The Labute approximate surface area is 123 Å². The first-order valence-electron chi connectivity index (χ1n) is 7.81. The van der Waals surface area contributed by atoms with Crippen LogP contribution in [-0.2, 0) is 0 Å². The molecule has 0 radical (unpaired) electrons. The molecule has 0 spiro atoms. The number of aliphatic hydroxyl groups is 1. The average Bonchev–Trinajstić information content (AvgIpc) is 2.96. The summed E-state index contributed by atoms with van der Waals surface area (Å²) in [5, 5.41) is 10.3.